The summed E-state index contributed by atoms with van der Waals surface area (Å²) in [5, 5.41) is 8.09. The average molecular weight is 267 g/mol. The summed E-state index contributed by atoms with van der Waals surface area (Å²) in [4.78, 5) is 0. The number of ether oxygens (including phenoxy) is 1. The van der Waals surface area contributed by atoms with Gasteiger partial charge in [0.25, 0.3) is 0 Å². The molecule has 100 valence electrons. The highest BCUT2D eigenvalue weighted by atomic mass is 16.5. The first-order valence-electron chi connectivity index (χ1n) is 6.11. The number of hydrogen-bond acceptors (Lipinski definition) is 5. The zero-order valence-corrected chi connectivity index (χ0v) is 10.9. The molecular weight excluding hydrogens is 254 g/mol. The van der Waals surface area contributed by atoms with Gasteiger partial charge in [-0.2, -0.15) is 0 Å². The van der Waals surface area contributed by atoms with Crippen LogP contribution < -0.4 is 10.5 Å². The number of nitrogens with zero attached hydrogens (tertiary/aromatic N) is 2. The quantitative estimate of drug-likeness (QED) is 0.738. The first kappa shape index (κ1) is 12.2. The van der Waals surface area contributed by atoms with Gasteiger partial charge in [-0.3, -0.25) is 0 Å². The van der Waals surface area contributed by atoms with E-state index in [1.54, 1.807) is 13.2 Å². The molecule has 0 saturated heterocycles. The summed E-state index contributed by atoms with van der Waals surface area (Å²) >= 11 is 0. The van der Waals surface area contributed by atoms with Crippen LogP contribution in [0.1, 0.15) is 0 Å². The molecule has 0 aliphatic heterocycles. The zero-order valence-electron chi connectivity index (χ0n) is 10.9. The van der Waals surface area contributed by atoms with Gasteiger partial charge >= 0.3 is 0 Å². The Morgan fingerprint density at radius 1 is 0.950 bits per heavy atom. The summed E-state index contributed by atoms with van der Waals surface area (Å²) < 4.78 is 10.9. The van der Waals surface area contributed by atoms with Gasteiger partial charge < -0.3 is 14.9 Å². The maximum atomic E-state index is 6.02. The number of hydrogen-bond donors (Lipinski definition) is 1. The Kier molecular flexibility index (Phi) is 3.09. The van der Waals surface area contributed by atoms with Crippen molar-refractivity contribution in [2.45, 2.75) is 0 Å². The van der Waals surface area contributed by atoms with Crippen molar-refractivity contribution in [3.8, 4) is 28.7 Å². The molecule has 3 aromatic rings. The van der Waals surface area contributed by atoms with E-state index in [4.69, 9.17) is 14.9 Å². The number of rotatable bonds is 3. The van der Waals surface area contributed by atoms with Gasteiger partial charge in [-0.25, -0.2) is 0 Å². The number of anilines is 1. The molecule has 2 aromatic carbocycles. The van der Waals surface area contributed by atoms with Crippen LogP contribution in [0.15, 0.2) is 52.9 Å². The summed E-state index contributed by atoms with van der Waals surface area (Å²) in [6.07, 6.45) is 0. The van der Waals surface area contributed by atoms with Gasteiger partial charge in [0.1, 0.15) is 5.75 Å². The highest BCUT2D eigenvalue weighted by molar-refractivity contribution is 5.76. The molecule has 20 heavy (non-hydrogen) atoms. The van der Waals surface area contributed by atoms with E-state index in [9.17, 15) is 0 Å². The van der Waals surface area contributed by atoms with Gasteiger partial charge in [0, 0.05) is 5.56 Å². The molecule has 0 spiro atoms. The van der Waals surface area contributed by atoms with E-state index in [-0.39, 0.29) is 0 Å². The molecule has 0 aliphatic rings. The zero-order chi connectivity index (χ0) is 13.9. The molecule has 0 amide bonds. The molecule has 5 nitrogen and oxygen atoms in total. The lowest BCUT2D eigenvalue weighted by Crippen LogP contribution is -1.95. The molecular formula is C15H13N3O2. The van der Waals surface area contributed by atoms with Gasteiger partial charge in [0.2, 0.25) is 11.8 Å². The molecule has 0 bridgehead atoms. The van der Waals surface area contributed by atoms with E-state index in [0.717, 1.165) is 5.56 Å². The highest BCUT2D eigenvalue weighted by Crippen LogP contribution is 2.33. The average Bonchev–Trinajstić information content (AvgIpc) is 2.98. The number of benzene rings is 2. The number of nitrogens with two attached hydrogens (primary N) is 1. The molecule has 1 heterocycles. The highest BCUT2D eigenvalue weighted by Gasteiger charge is 2.14. The third kappa shape index (κ3) is 2.09. The minimum absolute atomic E-state index is 0.375. The monoisotopic (exact) mass is 267 g/mol. The van der Waals surface area contributed by atoms with Gasteiger partial charge in [0.15, 0.2) is 0 Å². The van der Waals surface area contributed by atoms with Crippen molar-refractivity contribution in [2.24, 2.45) is 0 Å². The number of para-hydroxylation sites is 1. The van der Waals surface area contributed by atoms with Crippen LogP contribution >= 0.6 is 0 Å². The maximum Gasteiger partial charge on any atom is 0.250 e. The van der Waals surface area contributed by atoms with Crippen LogP contribution in [0.4, 0.5) is 5.69 Å². The second-order valence-electron chi connectivity index (χ2n) is 4.20. The second-order valence-corrected chi connectivity index (χ2v) is 4.20. The summed E-state index contributed by atoms with van der Waals surface area (Å²) in [5.41, 5.74) is 8.04. The summed E-state index contributed by atoms with van der Waals surface area (Å²) in [7, 11) is 1.57. The first-order valence-corrected chi connectivity index (χ1v) is 6.11. The third-order valence-electron chi connectivity index (χ3n) is 2.96. The van der Waals surface area contributed by atoms with E-state index >= 15 is 0 Å². The SMILES string of the molecule is COc1cccc(-c2nnc(-c3ccccc3)o2)c1N. The minimum atomic E-state index is 0.375. The largest absolute Gasteiger partial charge is 0.495 e. The van der Waals surface area contributed by atoms with E-state index in [0.29, 0.717) is 28.8 Å². The maximum absolute atomic E-state index is 6.02. The molecule has 5 heteroatoms. The summed E-state index contributed by atoms with van der Waals surface area (Å²) in [5.74, 6) is 1.42. The number of aromatic nitrogens is 2. The van der Waals surface area contributed by atoms with Gasteiger partial charge in [0.05, 0.1) is 18.4 Å². The van der Waals surface area contributed by atoms with E-state index < -0.39 is 0 Å². The van der Waals surface area contributed by atoms with Crippen molar-refractivity contribution < 1.29 is 9.15 Å². The van der Waals surface area contributed by atoms with E-state index in [2.05, 4.69) is 10.2 Å². The molecule has 0 aliphatic carbocycles. The van der Waals surface area contributed by atoms with Crippen molar-refractivity contribution in [1.82, 2.24) is 10.2 Å². The molecule has 3 rings (SSSR count). The Hall–Kier alpha value is -2.82. The van der Waals surface area contributed by atoms with Crippen LogP contribution in [0.25, 0.3) is 22.9 Å². The van der Waals surface area contributed by atoms with Gasteiger partial charge in [-0.1, -0.05) is 24.3 Å². The van der Waals surface area contributed by atoms with Crippen LogP contribution in [0.2, 0.25) is 0 Å². The van der Waals surface area contributed by atoms with E-state index in [1.165, 1.54) is 0 Å². The molecule has 0 atom stereocenters. The molecule has 1 aromatic heterocycles. The second kappa shape index (κ2) is 5.05. The van der Waals surface area contributed by atoms with Crippen molar-refractivity contribution in [2.75, 3.05) is 12.8 Å². The molecule has 0 fully saturated rings. The van der Waals surface area contributed by atoms with Crippen LogP contribution in [0, 0.1) is 0 Å². The fourth-order valence-corrected chi connectivity index (χ4v) is 1.94. The molecule has 0 saturated carbocycles. The predicted octanol–water partition coefficient (Wildman–Crippen LogP) is 2.99. The lowest BCUT2D eigenvalue weighted by Gasteiger charge is -2.06. The molecule has 0 unspecified atom stereocenters. The predicted molar refractivity (Wildman–Crippen MR) is 76.1 cm³/mol. The van der Waals surface area contributed by atoms with Gasteiger partial charge in [-0.15, -0.1) is 10.2 Å². The van der Waals surface area contributed by atoms with Crippen molar-refractivity contribution in [3.05, 3.63) is 48.5 Å². The topological polar surface area (TPSA) is 74.2 Å². The minimum Gasteiger partial charge on any atom is -0.495 e. The smallest absolute Gasteiger partial charge is 0.250 e. The van der Waals surface area contributed by atoms with E-state index in [1.807, 2.05) is 42.5 Å². The summed E-state index contributed by atoms with van der Waals surface area (Å²) in [6, 6.07) is 15.0. The third-order valence-corrected chi connectivity index (χ3v) is 2.96. The van der Waals surface area contributed by atoms with Crippen molar-refractivity contribution in [3.63, 3.8) is 0 Å². The Morgan fingerprint density at radius 3 is 2.45 bits per heavy atom. The van der Waals surface area contributed by atoms with Gasteiger partial charge in [-0.05, 0) is 24.3 Å². The van der Waals surface area contributed by atoms with Crippen molar-refractivity contribution >= 4 is 5.69 Å². The fourth-order valence-electron chi connectivity index (χ4n) is 1.94. The summed E-state index contributed by atoms with van der Waals surface area (Å²) in [6.45, 7) is 0. The first-order chi connectivity index (χ1) is 9.79. The fraction of sp³-hybridized carbons (Fsp3) is 0.0667. The Balaban J connectivity index is 2.03. The van der Waals surface area contributed by atoms with Crippen LogP contribution in [-0.4, -0.2) is 17.3 Å². The lowest BCUT2D eigenvalue weighted by atomic mass is 10.1. The number of methoxy groups -OCH3 is 1. The normalized spacial score (nSPS) is 10.4. The molecule has 2 N–H and O–H groups in total. The Morgan fingerprint density at radius 2 is 1.70 bits per heavy atom. The Labute approximate surface area is 116 Å². The number of nitrogen functional groups attached to an aromatic ring is 1. The van der Waals surface area contributed by atoms with Crippen LogP contribution in [0.5, 0.6) is 5.75 Å². The Bertz CT molecular complexity index is 723. The lowest BCUT2D eigenvalue weighted by molar-refractivity contribution is 0.417. The molecule has 0 radical (unpaired) electrons. The standard InChI is InChI=1S/C15H13N3O2/c1-19-12-9-5-8-11(13(12)16)15-18-17-14(20-15)10-6-3-2-4-7-10/h2-9H,16H2,1H3. The van der Waals surface area contributed by atoms with Crippen molar-refractivity contribution in [1.29, 1.82) is 0 Å². The van der Waals surface area contributed by atoms with Crippen LogP contribution in [-0.2, 0) is 0 Å². The van der Waals surface area contributed by atoms with Crippen LogP contribution in [0.3, 0.4) is 0 Å².